The van der Waals surface area contributed by atoms with Gasteiger partial charge in [0, 0.05) is 23.8 Å². The Balaban J connectivity index is 1.60. The third-order valence-corrected chi connectivity index (χ3v) is 4.15. The third-order valence-electron chi connectivity index (χ3n) is 4.15. The Labute approximate surface area is 154 Å². The van der Waals surface area contributed by atoms with Crippen molar-refractivity contribution in [1.82, 2.24) is 24.5 Å². The average molecular weight is 360 g/mol. The Morgan fingerprint density at radius 3 is 2.81 bits per heavy atom. The maximum absolute atomic E-state index is 12.6. The normalized spacial score (nSPS) is 12.0. The number of para-hydroxylation sites is 1. The Hall–Kier alpha value is -3.81. The molecule has 3 heterocycles. The second-order valence-corrected chi connectivity index (χ2v) is 6.01. The van der Waals surface area contributed by atoms with E-state index in [1.165, 1.54) is 10.7 Å². The lowest BCUT2D eigenvalue weighted by Gasteiger charge is -2.15. The zero-order valence-corrected chi connectivity index (χ0v) is 14.5. The highest BCUT2D eigenvalue weighted by atomic mass is 16.2. The first-order valence-corrected chi connectivity index (χ1v) is 8.37. The van der Waals surface area contributed by atoms with Crippen LogP contribution < -0.4 is 10.9 Å². The van der Waals surface area contributed by atoms with E-state index in [9.17, 15) is 9.59 Å². The van der Waals surface area contributed by atoms with Crippen LogP contribution in [0.3, 0.4) is 0 Å². The summed E-state index contributed by atoms with van der Waals surface area (Å²) in [5.74, 6) is 0.0888. The van der Waals surface area contributed by atoms with E-state index in [-0.39, 0.29) is 11.5 Å². The SMILES string of the molecule is CC(C(=O)Nc1cnc2ccccc2c1)n1nc(-n2cccn2)ccc1=O. The Bertz CT molecular complexity index is 1170. The first-order chi connectivity index (χ1) is 13.1. The van der Waals surface area contributed by atoms with Gasteiger partial charge in [-0.05, 0) is 31.2 Å². The molecule has 0 aliphatic carbocycles. The van der Waals surface area contributed by atoms with Gasteiger partial charge in [-0.15, -0.1) is 5.10 Å². The van der Waals surface area contributed by atoms with Gasteiger partial charge in [0.2, 0.25) is 5.91 Å². The standard InChI is InChI=1S/C19H16N6O2/c1-13(25-18(26)8-7-17(23-25)24-10-4-9-21-24)19(27)22-15-11-14-5-2-3-6-16(14)20-12-15/h2-13H,1H3,(H,22,27). The van der Waals surface area contributed by atoms with Gasteiger partial charge in [-0.25, -0.2) is 9.36 Å². The molecular weight excluding hydrogens is 344 g/mol. The number of nitrogens with zero attached hydrogens (tertiary/aromatic N) is 5. The molecule has 134 valence electrons. The van der Waals surface area contributed by atoms with Crippen LogP contribution in [0.2, 0.25) is 0 Å². The van der Waals surface area contributed by atoms with Crippen molar-refractivity contribution in [2.45, 2.75) is 13.0 Å². The molecule has 1 amide bonds. The topological polar surface area (TPSA) is 94.7 Å². The first kappa shape index (κ1) is 16.6. The Morgan fingerprint density at radius 1 is 1.15 bits per heavy atom. The fourth-order valence-corrected chi connectivity index (χ4v) is 2.72. The summed E-state index contributed by atoms with van der Waals surface area (Å²) in [5, 5.41) is 12.0. The number of benzene rings is 1. The van der Waals surface area contributed by atoms with E-state index < -0.39 is 6.04 Å². The van der Waals surface area contributed by atoms with Gasteiger partial charge in [-0.2, -0.15) is 5.10 Å². The van der Waals surface area contributed by atoms with Gasteiger partial charge in [-0.3, -0.25) is 14.6 Å². The van der Waals surface area contributed by atoms with Gasteiger partial charge < -0.3 is 5.32 Å². The van der Waals surface area contributed by atoms with Crippen molar-refractivity contribution >= 4 is 22.5 Å². The lowest BCUT2D eigenvalue weighted by molar-refractivity contribution is -0.119. The second kappa shape index (κ2) is 6.83. The Morgan fingerprint density at radius 2 is 2.00 bits per heavy atom. The maximum atomic E-state index is 12.6. The molecule has 0 saturated carbocycles. The van der Waals surface area contributed by atoms with Gasteiger partial charge in [0.25, 0.3) is 5.56 Å². The molecule has 0 bridgehead atoms. The molecule has 1 atom stereocenters. The second-order valence-electron chi connectivity index (χ2n) is 6.01. The van der Waals surface area contributed by atoms with Crippen LogP contribution in [0.25, 0.3) is 16.7 Å². The van der Waals surface area contributed by atoms with Gasteiger partial charge >= 0.3 is 0 Å². The Kier molecular flexibility index (Phi) is 4.21. The quantitative estimate of drug-likeness (QED) is 0.602. The molecular formula is C19H16N6O2. The van der Waals surface area contributed by atoms with Crippen LogP contribution in [-0.2, 0) is 4.79 Å². The highest BCUT2D eigenvalue weighted by molar-refractivity contribution is 5.95. The van der Waals surface area contributed by atoms with Gasteiger partial charge in [0.15, 0.2) is 5.82 Å². The minimum absolute atomic E-state index is 0.362. The van der Waals surface area contributed by atoms with E-state index in [1.807, 2.05) is 30.3 Å². The third kappa shape index (κ3) is 3.32. The first-order valence-electron chi connectivity index (χ1n) is 8.37. The molecule has 0 fully saturated rings. The summed E-state index contributed by atoms with van der Waals surface area (Å²) in [5.41, 5.74) is 1.03. The van der Waals surface area contributed by atoms with Gasteiger partial charge in [0.1, 0.15) is 6.04 Å². The number of fused-ring (bicyclic) bond motifs is 1. The fourth-order valence-electron chi connectivity index (χ4n) is 2.72. The van der Waals surface area contributed by atoms with E-state index in [2.05, 4.69) is 20.5 Å². The molecule has 1 N–H and O–H groups in total. The largest absolute Gasteiger partial charge is 0.323 e. The number of carbonyl (C=O) groups excluding carboxylic acids is 1. The van der Waals surface area contributed by atoms with E-state index in [0.717, 1.165) is 15.6 Å². The average Bonchev–Trinajstić information content (AvgIpc) is 3.22. The number of anilines is 1. The fraction of sp³-hybridized carbons (Fsp3) is 0.105. The minimum atomic E-state index is -0.806. The monoisotopic (exact) mass is 360 g/mol. The van der Waals surface area contributed by atoms with Crippen molar-refractivity contribution in [2.24, 2.45) is 0 Å². The molecule has 1 aromatic carbocycles. The summed E-state index contributed by atoms with van der Waals surface area (Å²) in [6.45, 7) is 1.62. The lowest BCUT2D eigenvalue weighted by Crippen LogP contribution is -2.33. The highest BCUT2D eigenvalue weighted by Crippen LogP contribution is 2.17. The smallest absolute Gasteiger partial charge is 0.267 e. The number of aromatic nitrogens is 5. The van der Waals surface area contributed by atoms with Crippen LogP contribution in [0.1, 0.15) is 13.0 Å². The maximum Gasteiger partial charge on any atom is 0.267 e. The van der Waals surface area contributed by atoms with Crippen molar-refractivity contribution in [3.63, 3.8) is 0 Å². The molecule has 3 aromatic heterocycles. The zero-order chi connectivity index (χ0) is 18.8. The van der Waals surface area contributed by atoms with Gasteiger partial charge in [-0.1, -0.05) is 18.2 Å². The molecule has 0 radical (unpaired) electrons. The molecule has 27 heavy (non-hydrogen) atoms. The number of amides is 1. The molecule has 0 aliphatic rings. The lowest BCUT2D eigenvalue weighted by atomic mass is 10.2. The van der Waals surface area contributed by atoms with Crippen molar-refractivity contribution in [1.29, 1.82) is 0 Å². The number of hydrogen-bond donors (Lipinski definition) is 1. The molecule has 0 aliphatic heterocycles. The zero-order valence-electron chi connectivity index (χ0n) is 14.5. The summed E-state index contributed by atoms with van der Waals surface area (Å²) in [4.78, 5) is 29.2. The molecule has 8 heteroatoms. The van der Waals surface area contributed by atoms with Crippen molar-refractivity contribution in [3.8, 4) is 5.82 Å². The van der Waals surface area contributed by atoms with Crippen LogP contribution in [-0.4, -0.2) is 30.5 Å². The van der Waals surface area contributed by atoms with Gasteiger partial charge in [0.05, 0.1) is 17.4 Å². The molecule has 4 rings (SSSR count). The number of pyridine rings is 1. The van der Waals surface area contributed by atoms with Crippen LogP contribution in [0, 0.1) is 0 Å². The number of carbonyl (C=O) groups is 1. The molecule has 8 nitrogen and oxygen atoms in total. The molecule has 4 aromatic rings. The number of nitrogens with one attached hydrogen (secondary N) is 1. The predicted molar refractivity (Wildman–Crippen MR) is 101 cm³/mol. The summed E-state index contributed by atoms with van der Waals surface area (Å²) in [6, 6.07) is 13.3. The highest BCUT2D eigenvalue weighted by Gasteiger charge is 2.18. The number of hydrogen-bond acceptors (Lipinski definition) is 5. The van der Waals surface area contributed by atoms with Crippen molar-refractivity contribution in [2.75, 3.05) is 5.32 Å². The molecule has 0 saturated heterocycles. The molecule has 0 spiro atoms. The summed E-state index contributed by atoms with van der Waals surface area (Å²) in [7, 11) is 0. The number of rotatable bonds is 4. The van der Waals surface area contributed by atoms with Crippen molar-refractivity contribution < 1.29 is 4.79 Å². The van der Waals surface area contributed by atoms with Crippen LogP contribution >= 0.6 is 0 Å². The molecule has 1 unspecified atom stereocenters. The van der Waals surface area contributed by atoms with Crippen molar-refractivity contribution in [3.05, 3.63) is 77.5 Å². The summed E-state index contributed by atoms with van der Waals surface area (Å²) < 4.78 is 2.66. The van der Waals surface area contributed by atoms with Crippen LogP contribution in [0.4, 0.5) is 5.69 Å². The van der Waals surface area contributed by atoms with E-state index in [4.69, 9.17) is 0 Å². The van der Waals surface area contributed by atoms with Crippen LogP contribution in [0.15, 0.2) is 71.9 Å². The summed E-state index contributed by atoms with van der Waals surface area (Å²) in [6.07, 6.45) is 4.91. The minimum Gasteiger partial charge on any atom is -0.323 e. The summed E-state index contributed by atoms with van der Waals surface area (Å²) >= 11 is 0. The van der Waals surface area contributed by atoms with E-state index in [0.29, 0.717) is 11.5 Å². The predicted octanol–water partition coefficient (Wildman–Crippen LogP) is 2.18. The van der Waals surface area contributed by atoms with E-state index in [1.54, 1.807) is 37.6 Å². The van der Waals surface area contributed by atoms with E-state index >= 15 is 0 Å². The van der Waals surface area contributed by atoms with Crippen LogP contribution in [0.5, 0.6) is 0 Å².